The molecule has 0 aliphatic heterocycles. The molecular weight excluding hydrogens is 230 g/mol. The minimum atomic E-state index is -0.407. The number of rotatable bonds is 3. The SMILES string of the molecule is Cc1[nH]ncc1CNc1cn[nH]c(=O)c1Cl. The molecule has 0 saturated heterocycles. The Hall–Kier alpha value is -1.82. The van der Waals surface area contributed by atoms with Crippen LogP contribution in [0.5, 0.6) is 0 Å². The lowest BCUT2D eigenvalue weighted by molar-refractivity contribution is 0.980. The van der Waals surface area contributed by atoms with Crippen molar-refractivity contribution in [3.63, 3.8) is 0 Å². The molecule has 0 saturated carbocycles. The van der Waals surface area contributed by atoms with Crippen molar-refractivity contribution in [2.75, 3.05) is 5.32 Å². The first kappa shape index (κ1) is 10.7. The van der Waals surface area contributed by atoms with Crippen LogP contribution in [0.3, 0.4) is 0 Å². The number of anilines is 1. The van der Waals surface area contributed by atoms with Gasteiger partial charge < -0.3 is 5.32 Å². The molecule has 0 aromatic carbocycles. The molecule has 0 aliphatic rings. The molecule has 0 unspecified atom stereocenters. The lowest BCUT2D eigenvalue weighted by Crippen LogP contribution is -2.11. The fourth-order valence-electron chi connectivity index (χ4n) is 1.25. The van der Waals surface area contributed by atoms with Crippen LogP contribution in [0.25, 0.3) is 0 Å². The molecule has 3 N–H and O–H groups in total. The van der Waals surface area contributed by atoms with Gasteiger partial charge in [-0.3, -0.25) is 9.89 Å². The van der Waals surface area contributed by atoms with Crippen LogP contribution in [0.15, 0.2) is 17.2 Å². The fourth-order valence-corrected chi connectivity index (χ4v) is 1.41. The molecule has 2 rings (SSSR count). The van der Waals surface area contributed by atoms with Crippen molar-refractivity contribution in [2.45, 2.75) is 13.5 Å². The van der Waals surface area contributed by atoms with Gasteiger partial charge in [0.1, 0.15) is 5.02 Å². The molecule has 0 radical (unpaired) electrons. The highest BCUT2D eigenvalue weighted by molar-refractivity contribution is 6.32. The summed E-state index contributed by atoms with van der Waals surface area (Å²) >= 11 is 5.80. The lowest BCUT2D eigenvalue weighted by atomic mass is 10.2. The van der Waals surface area contributed by atoms with Gasteiger partial charge in [0.2, 0.25) is 0 Å². The first-order chi connectivity index (χ1) is 7.68. The summed E-state index contributed by atoms with van der Waals surface area (Å²) in [7, 11) is 0. The third-order valence-corrected chi connectivity index (χ3v) is 2.57. The number of hydrogen-bond acceptors (Lipinski definition) is 4. The minimum Gasteiger partial charge on any atom is -0.378 e. The van der Waals surface area contributed by atoms with Crippen molar-refractivity contribution in [3.05, 3.63) is 39.0 Å². The van der Waals surface area contributed by atoms with Gasteiger partial charge in [0.15, 0.2) is 0 Å². The zero-order valence-corrected chi connectivity index (χ0v) is 9.30. The van der Waals surface area contributed by atoms with Crippen LogP contribution in [0.2, 0.25) is 5.02 Å². The maximum absolute atomic E-state index is 11.2. The second-order valence-electron chi connectivity index (χ2n) is 3.30. The van der Waals surface area contributed by atoms with E-state index in [0.717, 1.165) is 11.3 Å². The quantitative estimate of drug-likeness (QED) is 0.748. The van der Waals surface area contributed by atoms with Gasteiger partial charge in [-0.25, -0.2) is 5.10 Å². The summed E-state index contributed by atoms with van der Waals surface area (Å²) < 4.78 is 0. The Morgan fingerprint density at radius 2 is 2.12 bits per heavy atom. The van der Waals surface area contributed by atoms with E-state index in [4.69, 9.17) is 11.6 Å². The molecular formula is C9H10ClN5O. The Balaban J connectivity index is 2.14. The van der Waals surface area contributed by atoms with E-state index >= 15 is 0 Å². The van der Waals surface area contributed by atoms with Crippen LogP contribution in [0.1, 0.15) is 11.3 Å². The molecule has 2 heterocycles. The van der Waals surface area contributed by atoms with Gasteiger partial charge in [-0.15, -0.1) is 0 Å². The highest BCUT2D eigenvalue weighted by Gasteiger charge is 2.05. The maximum Gasteiger partial charge on any atom is 0.285 e. The molecule has 16 heavy (non-hydrogen) atoms. The number of hydrogen-bond donors (Lipinski definition) is 3. The smallest absolute Gasteiger partial charge is 0.285 e. The van der Waals surface area contributed by atoms with Gasteiger partial charge in [0, 0.05) is 17.8 Å². The zero-order valence-electron chi connectivity index (χ0n) is 8.54. The lowest BCUT2D eigenvalue weighted by Gasteiger charge is -2.05. The molecule has 0 spiro atoms. The second kappa shape index (κ2) is 4.36. The summed E-state index contributed by atoms with van der Waals surface area (Å²) in [4.78, 5) is 11.2. The van der Waals surface area contributed by atoms with Crippen LogP contribution in [-0.4, -0.2) is 20.4 Å². The highest BCUT2D eigenvalue weighted by atomic mass is 35.5. The molecule has 2 aromatic heterocycles. The number of H-pyrrole nitrogens is 2. The van der Waals surface area contributed by atoms with Crippen molar-refractivity contribution in [2.24, 2.45) is 0 Å². The van der Waals surface area contributed by atoms with Crippen molar-refractivity contribution < 1.29 is 0 Å². The number of halogens is 1. The van der Waals surface area contributed by atoms with Crippen LogP contribution in [0.4, 0.5) is 5.69 Å². The van der Waals surface area contributed by atoms with E-state index in [1.54, 1.807) is 6.20 Å². The topological polar surface area (TPSA) is 86.5 Å². The number of aromatic nitrogens is 4. The van der Waals surface area contributed by atoms with Crippen LogP contribution in [-0.2, 0) is 6.54 Å². The molecule has 0 amide bonds. The van der Waals surface area contributed by atoms with Crippen LogP contribution < -0.4 is 10.9 Å². The molecule has 0 atom stereocenters. The third-order valence-electron chi connectivity index (χ3n) is 2.20. The van der Waals surface area contributed by atoms with Crippen molar-refractivity contribution in [3.8, 4) is 0 Å². The third kappa shape index (κ3) is 2.06. The predicted molar refractivity (Wildman–Crippen MR) is 60.5 cm³/mol. The number of aromatic amines is 2. The van der Waals surface area contributed by atoms with Crippen molar-refractivity contribution >= 4 is 17.3 Å². The van der Waals surface area contributed by atoms with E-state index in [0.29, 0.717) is 12.2 Å². The summed E-state index contributed by atoms with van der Waals surface area (Å²) in [6.07, 6.45) is 3.19. The predicted octanol–water partition coefficient (Wildman–Crippen LogP) is 1.07. The largest absolute Gasteiger partial charge is 0.378 e. The molecule has 7 heteroatoms. The van der Waals surface area contributed by atoms with Gasteiger partial charge in [0.05, 0.1) is 18.1 Å². The maximum atomic E-state index is 11.2. The Morgan fingerprint density at radius 3 is 2.81 bits per heavy atom. The average molecular weight is 240 g/mol. The first-order valence-corrected chi connectivity index (χ1v) is 5.02. The fraction of sp³-hybridized carbons (Fsp3) is 0.222. The van der Waals surface area contributed by atoms with E-state index in [1.807, 2.05) is 6.92 Å². The molecule has 0 aliphatic carbocycles. The Kier molecular flexibility index (Phi) is 2.91. The van der Waals surface area contributed by atoms with Gasteiger partial charge in [-0.2, -0.15) is 10.2 Å². The number of aryl methyl sites for hydroxylation is 1. The normalized spacial score (nSPS) is 10.4. The summed E-state index contributed by atoms with van der Waals surface area (Å²) in [5.74, 6) is 0. The second-order valence-corrected chi connectivity index (χ2v) is 3.68. The standard InChI is InChI=1S/C9H10ClN5O/c1-5-6(3-12-14-5)2-11-7-4-13-15-9(16)8(7)10/h3-4H,2H2,1H3,(H,12,14)(H2,11,15,16). The van der Waals surface area contributed by atoms with Crippen LogP contribution >= 0.6 is 11.6 Å². The van der Waals surface area contributed by atoms with Crippen molar-refractivity contribution in [1.29, 1.82) is 0 Å². The van der Waals surface area contributed by atoms with Crippen molar-refractivity contribution in [1.82, 2.24) is 20.4 Å². The van der Waals surface area contributed by atoms with E-state index in [9.17, 15) is 4.79 Å². The number of nitrogens with one attached hydrogen (secondary N) is 3. The Labute approximate surface area is 96.0 Å². The number of nitrogens with zero attached hydrogens (tertiary/aromatic N) is 2. The van der Waals surface area contributed by atoms with Crippen LogP contribution in [0, 0.1) is 6.92 Å². The molecule has 6 nitrogen and oxygen atoms in total. The summed E-state index contributed by atoms with van der Waals surface area (Å²) in [5.41, 5.74) is 2.08. The van der Waals surface area contributed by atoms with Gasteiger partial charge >= 0.3 is 0 Å². The first-order valence-electron chi connectivity index (χ1n) is 4.64. The Morgan fingerprint density at radius 1 is 1.38 bits per heavy atom. The molecule has 2 aromatic rings. The monoisotopic (exact) mass is 239 g/mol. The molecule has 84 valence electrons. The zero-order chi connectivity index (χ0) is 11.5. The van der Waals surface area contributed by atoms with E-state index in [1.165, 1.54) is 6.20 Å². The summed E-state index contributed by atoms with van der Waals surface area (Å²) in [6, 6.07) is 0. The summed E-state index contributed by atoms with van der Waals surface area (Å²) in [5, 5.41) is 15.8. The molecule has 0 fully saturated rings. The average Bonchev–Trinajstić information content (AvgIpc) is 2.67. The molecule has 0 bridgehead atoms. The van der Waals surface area contributed by atoms with E-state index in [-0.39, 0.29) is 5.02 Å². The highest BCUT2D eigenvalue weighted by Crippen LogP contribution is 2.15. The Bertz CT molecular complexity index is 547. The van der Waals surface area contributed by atoms with Gasteiger partial charge in [-0.05, 0) is 6.92 Å². The summed E-state index contributed by atoms with van der Waals surface area (Å²) in [6.45, 7) is 2.45. The van der Waals surface area contributed by atoms with Gasteiger partial charge in [0.25, 0.3) is 5.56 Å². The minimum absolute atomic E-state index is 0.108. The van der Waals surface area contributed by atoms with Gasteiger partial charge in [-0.1, -0.05) is 11.6 Å². The van der Waals surface area contributed by atoms with E-state index in [2.05, 4.69) is 25.7 Å². The van der Waals surface area contributed by atoms with E-state index < -0.39 is 5.56 Å².